The number of hydrogen-bond donors (Lipinski definition) is 4. The van der Waals surface area contributed by atoms with Gasteiger partial charge in [-0.2, -0.15) is 0 Å². The SMILES string of the molecule is NCc1ccc(O)c(CNCCCCCCCC(=O)O)c1. The van der Waals surface area contributed by atoms with Crippen molar-refractivity contribution in [1.82, 2.24) is 5.32 Å². The molecule has 5 nitrogen and oxygen atoms in total. The summed E-state index contributed by atoms with van der Waals surface area (Å²) in [7, 11) is 0. The Bertz CT molecular complexity index is 436. The van der Waals surface area contributed by atoms with Crippen LogP contribution in [0.15, 0.2) is 18.2 Å². The van der Waals surface area contributed by atoms with Crippen LogP contribution >= 0.6 is 0 Å². The molecule has 0 aliphatic rings. The fourth-order valence-electron chi connectivity index (χ4n) is 2.19. The van der Waals surface area contributed by atoms with E-state index in [0.29, 0.717) is 18.8 Å². The number of aromatic hydroxyl groups is 1. The van der Waals surface area contributed by atoms with Crippen molar-refractivity contribution in [3.05, 3.63) is 29.3 Å². The minimum absolute atomic E-state index is 0.273. The molecule has 0 atom stereocenters. The van der Waals surface area contributed by atoms with Crippen molar-refractivity contribution in [3.8, 4) is 5.75 Å². The summed E-state index contributed by atoms with van der Waals surface area (Å²) >= 11 is 0. The van der Waals surface area contributed by atoms with Gasteiger partial charge in [0.2, 0.25) is 0 Å². The van der Waals surface area contributed by atoms with Crippen LogP contribution in [-0.2, 0) is 17.9 Å². The monoisotopic (exact) mass is 294 g/mol. The fraction of sp³-hybridized carbons (Fsp3) is 0.562. The van der Waals surface area contributed by atoms with Gasteiger partial charge in [0.1, 0.15) is 5.75 Å². The number of carboxylic acids is 1. The summed E-state index contributed by atoms with van der Waals surface area (Å²) in [6.45, 7) is 2.01. The van der Waals surface area contributed by atoms with E-state index in [2.05, 4.69) is 5.32 Å². The summed E-state index contributed by atoms with van der Waals surface area (Å²) in [6.07, 6.45) is 5.25. The van der Waals surface area contributed by atoms with Gasteiger partial charge in [-0.15, -0.1) is 0 Å². The molecule has 118 valence electrons. The standard InChI is InChI=1S/C16H26N2O3/c17-11-13-7-8-15(19)14(10-13)12-18-9-5-3-1-2-4-6-16(20)21/h7-8,10,18-19H,1-6,9,11-12,17H2,(H,20,21). The van der Waals surface area contributed by atoms with Crippen molar-refractivity contribution in [2.24, 2.45) is 5.73 Å². The van der Waals surface area contributed by atoms with Gasteiger partial charge in [0, 0.05) is 25.1 Å². The number of phenols is 1. The van der Waals surface area contributed by atoms with Gasteiger partial charge in [-0.1, -0.05) is 25.3 Å². The number of nitrogens with one attached hydrogen (secondary N) is 1. The molecule has 5 heteroatoms. The number of rotatable bonds is 11. The highest BCUT2D eigenvalue weighted by Crippen LogP contribution is 2.18. The molecule has 0 amide bonds. The van der Waals surface area contributed by atoms with E-state index in [1.807, 2.05) is 12.1 Å². The van der Waals surface area contributed by atoms with Gasteiger partial charge in [0.25, 0.3) is 0 Å². The van der Waals surface area contributed by atoms with Crippen molar-refractivity contribution in [2.45, 2.75) is 51.6 Å². The lowest BCUT2D eigenvalue weighted by molar-refractivity contribution is -0.137. The van der Waals surface area contributed by atoms with Gasteiger partial charge >= 0.3 is 5.97 Å². The third-order valence-corrected chi connectivity index (χ3v) is 3.44. The molecule has 1 aromatic rings. The quantitative estimate of drug-likeness (QED) is 0.470. The molecule has 1 aromatic carbocycles. The maximum atomic E-state index is 10.3. The number of benzene rings is 1. The zero-order valence-corrected chi connectivity index (χ0v) is 12.5. The van der Waals surface area contributed by atoms with Gasteiger partial charge in [-0.3, -0.25) is 4.79 Å². The number of carbonyl (C=O) groups is 1. The first kappa shape index (κ1) is 17.5. The molecular formula is C16H26N2O3. The Balaban J connectivity index is 2.08. The van der Waals surface area contributed by atoms with E-state index >= 15 is 0 Å². The van der Waals surface area contributed by atoms with E-state index in [4.69, 9.17) is 10.8 Å². The Kier molecular flexibility index (Phi) is 8.47. The van der Waals surface area contributed by atoms with Crippen molar-refractivity contribution < 1.29 is 15.0 Å². The third-order valence-electron chi connectivity index (χ3n) is 3.44. The second kappa shape index (κ2) is 10.2. The first-order valence-corrected chi connectivity index (χ1v) is 7.57. The second-order valence-corrected chi connectivity index (χ2v) is 5.26. The number of unbranched alkanes of at least 4 members (excludes halogenated alkanes) is 4. The molecule has 0 aliphatic carbocycles. The van der Waals surface area contributed by atoms with Crippen LogP contribution in [0.25, 0.3) is 0 Å². The molecule has 0 heterocycles. The number of hydrogen-bond acceptors (Lipinski definition) is 4. The molecule has 0 aliphatic heterocycles. The van der Waals surface area contributed by atoms with E-state index in [0.717, 1.165) is 49.8 Å². The summed E-state index contributed by atoms with van der Waals surface area (Å²) in [5.74, 6) is -0.412. The topological polar surface area (TPSA) is 95.6 Å². The molecule has 0 fully saturated rings. The normalized spacial score (nSPS) is 10.7. The van der Waals surface area contributed by atoms with Gasteiger partial charge in [-0.25, -0.2) is 0 Å². The molecule has 0 radical (unpaired) electrons. The Hall–Kier alpha value is -1.59. The van der Waals surface area contributed by atoms with Crippen LogP contribution < -0.4 is 11.1 Å². The van der Waals surface area contributed by atoms with Gasteiger partial charge in [-0.05, 0) is 37.1 Å². The molecular weight excluding hydrogens is 268 g/mol. The Morgan fingerprint density at radius 1 is 1.14 bits per heavy atom. The average molecular weight is 294 g/mol. The second-order valence-electron chi connectivity index (χ2n) is 5.26. The highest BCUT2D eigenvalue weighted by atomic mass is 16.4. The van der Waals surface area contributed by atoms with E-state index in [9.17, 15) is 9.90 Å². The Labute approximate surface area is 126 Å². The van der Waals surface area contributed by atoms with Gasteiger partial charge in [0.05, 0.1) is 0 Å². The summed E-state index contributed by atoms with van der Waals surface area (Å²) in [4.78, 5) is 10.3. The minimum Gasteiger partial charge on any atom is -0.508 e. The van der Waals surface area contributed by atoms with E-state index < -0.39 is 5.97 Å². The van der Waals surface area contributed by atoms with Crippen molar-refractivity contribution in [2.75, 3.05) is 6.54 Å². The van der Waals surface area contributed by atoms with E-state index in [-0.39, 0.29) is 6.42 Å². The molecule has 0 aromatic heterocycles. The summed E-state index contributed by atoms with van der Waals surface area (Å²) in [5.41, 5.74) is 7.47. The highest BCUT2D eigenvalue weighted by molar-refractivity contribution is 5.66. The minimum atomic E-state index is -0.712. The van der Waals surface area contributed by atoms with E-state index in [1.165, 1.54) is 0 Å². The molecule has 0 saturated carbocycles. The number of nitrogens with two attached hydrogens (primary N) is 1. The van der Waals surface area contributed by atoms with Crippen molar-refractivity contribution in [1.29, 1.82) is 0 Å². The lowest BCUT2D eigenvalue weighted by Gasteiger charge is -2.08. The van der Waals surface area contributed by atoms with Crippen molar-refractivity contribution >= 4 is 5.97 Å². The largest absolute Gasteiger partial charge is 0.508 e. The number of phenolic OH excluding ortho intramolecular Hbond substituents is 1. The van der Waals surface area contributed by atoms with Gasteiger partial charge < -0.3 is 21.3 Å². The lowest BCUT2D eigenvalue weighted by atomic mass is 10.1. The van der Waals surface area contributed by atoms with Crippen LogP contribution in [0.1, 0.15) is 49.7 Å². The van der Waals surface area contributed by atoms with E-state index in [1.54, 1.807) is 6.07 Å². The predicted octanol–water partition coefficient (Wildman–Crippen LogP) is 2.37. The number of aliphatic carboxylic acids is 1. The summed E-state index contributed by atoms with van der Waals surface area (Å²) in [5, 5.41) is 21.6. The first-order valence-electron chi connectivity index (χ1n) is 7.57. The zero-order valence-electron chi connectivity index (χ0n) is 12.5. The van der Waals surface area contributed by atoms with Crippen LogP contribution in [-0.4, -0.2) is 22.7 Å². The zero-order chi connectivity index (χ0) is 15.5. The molecule has 5 N–H and O–H groups in total. The maximum Gasteiger partial charge on any atom is 0.303 e. The average Bonchev–Trinajstić information content (AvgIpc) is 2.47. The smallest absolute Gasteiger partial charge is 0.303 e. The van der Waals surface area contributed by atoms with Crippen LogP contribution in [0, 0.1) is 0 Å². The van der Waals surface area contributed by atoms with Crippen LogP contribution in [0.4, 0.5) is 0 Å². The van der Waals surface area contributed by atoms with Crippen LogP contribution in [0.2, 0.25) is 0 Å². The van der Waals surface area contributed by atoms with Crippen LogP contribution in [0.5, 0.6) is 5.75 Å². The Morgan fingerprint density at radius 2 is 1.86 bits per heavy atom. The fourth-order valence-corrected chi connectivity index (χ4v) is 2.19. The first-order chi connectivity index (χ1) is 10.1. The predicted molar refractivity (Wildman–Crippen MR) is 83.0 cm³/mol. The van der Waals surface area contributed by atoms with Crippen molar-refractivity contribution in [3.63, 3.8) is 0 Å². The molecule has 1 rings (SSSR count). The molecule has 21 heavy (non-hydrogen) atoms. The lowest BCUT2D eigenvalue weighted by Crippen LogP contribution is -2.15. The molecule has 0 bridgehead atoms. The maximum absolute atomic E-state index is 10.3. The molecule has 0 spiro atoms. The van der Waals surface area contributed by atoms with Crippen LogP contribution in [0.3, 0.4) is 0 Å². The number of carboxylic acid groups (broad SMARTS) is 1. The van der Waals surface area contributed by atoms with Gasteiger partial charge in [0.15, 0.2) is 0 Å². The molecule has 0 saturated heterocycles. The Morgan fingerprint density at radius 3 is 2.57 bits per heavy atom. The summed E-state index contributed by atoms with van der Waals surface area (Å²) < 4.78 is 0. The highest BCUT2D eigenvalue weighted by Gasteiger charge is 2.02. The third kappa shape index (κ3) is 7.68. The summed E-state index contributed by atoms with van der Waals surface area (Å²) in [6, 6.07) is 5.44. The molecule has 0 unspecified atom stereocenters.